The van der Waals surface area contributed by atoms with Crippen LogP contribution in [-0.4, -0.2) is 17.3 Å². The molecule has 3 heteroatoms. The molecule has 0 radical (unpaired) electrons. The highest BCUT2D eigenvalue weighted by Crippen LogP contribution is 2.25. The normalized spacial score (nSPS) is 24.5. The van der Waals surface area contributed by atoms with Gasteiger partial charge in [-0.2, -0.15) is 0 Å². The van der Waals surface area contributed by atoms with E-state index < -0.39 is 5.60 Å². The Morgan fingerprint density at radius 2 is 1.73 bits per heavy atom. The zero-order valence-electron chi connectivity index (χ0n) is 6.97. The van der Waals surface area contributed by atoms with Gasteiger partial charge >= 0.3 is 0 Å². The maximum Gasteiger partial charge on any atom is 0.0785 e. The Hall–Kier alpha value is -0.120. The van der Waals surface area contributed by atoms with Crippen LogP contribution in [0.1, 0.15) is 38.5 Å². The van der Waals surface area contributed by atoms with Crippen LogP contribution in [0.15, 0.2) is 0 Å². The van der Waals surface area contributed by atoms with Crippen molar-refractivity contribution < 1.29 is 5.11 Å². The number of hydrogen-bond donors (Lipinski definition) is 3. The lowest BCUT2D eigenvalue weighted by molar-refractivity contribution is 0.0255. The highest BCUT2D eigenvalue weighted by Gasteiger charge is 2.26. The highest BCUT2D eigenvalue weighted by atomic mass is 16.3. The molecule has 0 bridgehead atoms. The summed E-state index contributed by atoms with van der Waals surface area (Å²) in [6.45, 7) is 0.535. The van der Waals surface area contributed by atoms with Gasteiger partial charge in [-0.1, -0.05) is 25.7 Å². The third-order valence-electron chi connectivity index (χ3n) is 2.47. The van der Waals surface area contributed by atoms with E-state index in [1.165, 1.54) is 12.8 Å². The number of hydrazine groups is 1. The molecular weight excluding hydrogens is 140 g/mol. The van der Waals surface area contributed by atoms with Gasteiger partial charge < -0.3 is 5.11 Å². The van der Waals surface area contributed by atoms with E-state index in [2.05, 4.69) is 5.43 Å². The summed E-state index contributed by atoms with van der Waals surface area (Å²) in [4.78, 5) is 0. The quantitative estimate of drug-likeness (QED) is 0.312. The largest absolute Gasteiger partial charge is 0.389 e. The van der Waals surface area contributed by atoms with Gasteiger partial charge in [0.15, 0.2) is 0 Å². The second kappa shape index (κ2) is 4.04. The maximum atomic E-state index is 9.91. The molecule has 0 spiro atoms. The molecule has 0 amide bonds. The first-order chi connectivity index (χ1) is 5.27. The average molecular weight is 158 g/mol. The second-order valence-corrected chi connectivity index (χ2v) is 3.52. The molecule has 0 aromatic carbocycles. The minimum absolute atomic E-state index is 0.523. The molecule has 1 saturated carbocycles. The standard InChI is InChI=1S/C8H18N2O/c9-10-7-8(11)5-3-1-2-4-6-8/h10-11H,1-7,9H2. The fraction of sp³-hybridized carbons (Fsp3) is 1.00. The lowest BCUT2D eigenvalue weighted by Gasteiger charge is -2.25. The summed E-state index contributed by atoms with van der Waals surface area (Å²) in [5.74, 6) is 5.19. The number of nitrogens with two attached hydrogens (primary N) is 1. The molecule has 4 N–H and O–H groups in total. The molecule has 1 aliphatic rings. The van der Waals surface area contributed by atoms with Crippen LogP contribution in [0.25, 0.3) is 0 Å². The molecule has 3 nitrogen and oxygen atoms in total. The Bertz CT molecular complexity index is 109. The second-order valence-electron chi connectivity index (χ2n) is 3.52. The molecule has 11 heavy (non-hydrogen) atoms. The predicted octanol–water partition coefficient (Wildman–Crippen LogP) is 0.535. The number of hydrogen-bond acceptors (Lipinski definition) is 3. The van der Waals surface area contributed by atoms with Crippen molar-refractivity contribution >= 4 is 0 Å². The Morgan fingerprint density at radius 3 is 2.18 bits per heavy atom. The van der Waals surface area contributed by atoms with E-state index in [-0.39, 0.29) is 0 Å². The number of aliphatic hydroxyl groups is 1. The van der Waals surface area contributed by atoms with Crippen molar-refractivity contribution in [3.8, 4) is 0 Å². The van der Waals surface area contributed by atoms with Crippen LogP contribution in [0.4, 0.5) is 0 Å². The molecule has 66 valence electrons. The zero-order chi connectivity index (χ0) is 8.16. The summed E-state index contributed by atoms with van der Waals surface area (Å²) in [5, 5.41) is 9.91. The monoisotopic (exact) mass is 158 g/mol. The van der Waals surface area contributed by atoms with E-state index in [1.807, 2.05) is 0 Å². The molecule has 1 fully saturated rings. The van der Waals surface area contributed by atoms with Crippen molar-refractivity contribution in [3.05, 3.63) is 0 Å². The SMILES string of the molecule is NNCC1(O)CCCCCC1. The van der Waals surface area contributed by atoms with E-state index >= 15 is 0 Å². The third kappa shape index (κ3) is 2.77. The van der Waals surface area contributed by atoms with E-state index in [9.17, 15) is 5.11 Å². The van der Waals surface area contributed by atoms with Crippen LogP contribution in [0.2, 0.25) is 0 Å². The molecule has 0 heterocycles. The zero-order valence-corrected chi connectivity index (χ0v) is 6.97. The number of rotatable bonds is 2. The van der Waals surface area contributed by atoms with E-state index in [1.54, 1.807) is 0 Å². The van der Waals surface area contributed by atoms with Gasteiger partial charge in [0.25, 0.3) is 0 Å². The van der Waals surface area contributed by atoms with Crippen molar-refractivity contribution in [2.75, 3.05) is 6.54 Å². The lowest BCUT2D eigenvalue weighted by atomic mass is 9.95. The van der Waals surface area contributed by atoms with Gasteiger partial charge in [0.2, 0.25) is 0 Å². The van der Waals surface area contributed by atoms with Gasteiger partial charge in [-0.05, 0) is 12.8 Å². The average Bonchev–Trinajstić information content (AvgIpc) is 2.15. The molecule has 0 saturated heterocycles. The molecule has 0 aliphatic heterocycles. The van der Waals surface area contributed by atoms with Crippen LogP contribution in [0.3, 0.4) is 0 Å². The molecular formula is C8H18N2O. The summed E-state index contributed by atoms with van der Waals surface area (Å²) >= 11 is 0. The number of nitrogens with one attached hydrogen (secondary N) is 1. The van der Waals surface area contributed by atoms with Gasteiger partial charge in [0, 0.05) is 6.54 Å². The van der Waals surface area contributed by atoms with Crippen LogP contribution in [0, 0.1) is 0 Å². The van der Waals surface area contributed by atoms with Crippen molar-refractivity contribution in [1.29, 1.82) is 0 Å². The van der Waals surface area contributed by atoms with Crippen molar-refractivity contribution in [1.82, 2.24) is 5.43 Å². The lowest BCUT2D eigenvalue weighted by Crippen LogP contribution is -2.42. The summed E-state index contributed by atoms with van der Waals surface area (Å²) in [6.07, 6.45) is 6.59. The predicted molar refractivity (Wildman–Crippen MR) is 44.8 cm³/mol. The minimum atomic E-state index is -0.523. The van der Waals surface area contributed by atoms with Crippen LogP contribution in [-0.2, 0) is 0 Å². The van der Waals surface area contributed by atoms with Gasteiger partial charge in [0.1, 0.15) is 0 Å². The van der Waals surface area contributed by atoms with Crippen LogP contribution < -0.4 is 11.3 Å². The smallest absolute Gasteiger partial charge is 0.0785 e. The molecule has 1 rings (SSSR count). The van der Waals surface area contributed by atoms with Crippen molar-refractivity contribution in [2.24, 2.45) is 5.84 Å². The summed E-state index contributed by atoms with van der Waals surface area (Å²) in [6, 6.07) is 0. The van der Waals surface area contributed by atoms with Crippen LogP contribution >= 0.6 is 0 Å². The Kier molecular flexibility index (Phi) is 3.30. The van der Waals surface area contributed by atoms with Crippen molar-refractivity contribution in [2.45, 2.75) is 44.1 Å². The molecule has 0 unspecified atom stereocenters. The van der Waals surface area contributed by atoms with Crippen LogP contribution in [0.5, 0.6) is 0 Å². The van der Waals surface area contributed by atoms with Crippen molar-refractivity contribution in [3.63, 3.8) is 0 Å². The Labute approximate surface area is 67.9 Å². The Balaban J connectivity index is 2.38. The summed E-state index contributed by atoms with van der Waals surface area (Å²) in [5.41, 5.74) is 2.03. The maximum absolute atomic E-state index is 9.91. The fourth-order valence-corrected chi connectivity index (χ4v) is 1.75. The van der Waals surface area contributed by atoms with E-state index in [0.717, 1.165) is 25.7 Å². The first kappa shape index (κ1) is 8.97. The van der Waals surface area contributed by atoms with E-state index in [4.69, 9.17) is 5.84 Å². The molecule has 1 aliphatic carbocycles. The first-order valence-corrected chi connectivity index (χ1v) is 4.43. The molecule has 0 aromatic rings. The van der Waals surface area contributed by atoms with Gasteiger partial charge in [-0.25, -0.2) is 0 Å². The van der Waals surface area contributed by atoms with Gasteiger partial charge in [-0.3, -0.25) is 11.3 Å². The fourth-order valence-electron chi connectivity index (χ4n) is 1.75. The minimum Gasteiger partial charge on any atom is -0.389 e. The third-order valence-corrected chi connectivity index (χ3v) is 2.47. The Morgan fingerprint density at radius 1 is 1.18 bits per heavy atom. The first-order valence-electron chi connectivity index (χ1n) is 4.43. The topological polar surface area (TPSA) is 58.3 Å². The van der Waals surface area contributed by atoms with Gasteiger partial charge in [-0.15, -0.1) is 0 Å². The molecule has 0 aromatic heterocycles. The van der Waals surface area contributed by atoms with E-state index in [0.29, 0.717) is 6.54 Å². The summed E-state index contributed by atoms with van der Waals surface area (Å²) in [7, 11) is 0. The van der Waals surface area contributed by atoms with Gasteiger partial charge in [0.05, 0.1) is 5.60 Å². The highest BCUT2D eigenvalue weighted by molar-refractivity contribution is 4.81. The molecule has 0 atom stereocenters. The summed E-state index contributed by atoms with van der Waals surface area (Å²) < 4.78 is 0.